The van der Waals surface area contributed by atoms with Gasteiger partial charge in [-0.2, -0.15) is 0 Å². The Labute approximate surface area is 242 Å². The van der Waals surface area contributed by atoms with E-state index >= 15 is 0 Å². The highest BCUT2D eigenvalue weighted by Crippen LogP contribution is 2.28. The smallest absolute Gasteiger partial charge is 0.264 e. The monoisotopic (exact) mass is 579 g/mol. The molecule has 1 aliphatic carbocycles. The molecule has 0 heterocycles. The summed E-state index contributed by atoms with van der Waals surface area (Å²) in [6.45, 7) is 4.95. The van der Waals surface area contributed by atoms with Crippen molar-refractivity contribution in [1.29, 1.82) is 0 Å². The number of sulfonamides is 1. The summed E-state index contributed by atoms with van der Waals surface area (Å²) in [4.78, 5) is 28.8. The maximum Gasteiger partial charge on any atom is 0.264 e. The van der Waals surface area contributed by atoms with E-state index in [1.54, 1.807) is 43.3 Å². The molecule has 1 N–H and O–H groups in total. The van der Waals surface area contributed by atoms with E-state index in [-0.39, 0.29) is 23.4 Å². The van der Waals surface area contributed by atoms with E-state index in [0.29, 0.717) is 17.7 Å². The fraction of sp³-hybridized carbons (Fsp3) is 0.375. The van der Waals surface area contributed by atoms with Crippen LogP contribution in [0.2, 0.25) is 0 Å². The maximum atomic E-state index is 14.1. The molecule has 0 saturated heterocycles. The number of nitrogens with zero attached hydrogens (tertiary/aromatic N) is 2. The van der Waals surface area contributed by atoms with Crippen LogP contribution in [0.1, 0.15) is 56.2 Å². The number of nitrogens with one attached hydrogen (secondary N) is 1. The molecule has 0 bridgehead atoms. The van der Waals surface area contributed by atoms with Gasteiger partial charge in [0.25, 0.3) is 10.0 Å². The normalized spacial score (nSPS) is 14.4. The van der Waals surface area contributed by atoms with Gasteiger partial charge in [0, 0.05) is 12.6 Å². The lowest BCUT2D eigenvalue weighted by atomic mass is 10.1. The van der Waals surface area contributed by atoms with Gasteiger partial charge in [-0.1, -0.05) is 67.8 Å². The number of carbonyl (C=O) groups is 2. The number of amides is 2. The maximum absolute atomic E-state index is 14.1. The van der Waals surface area contributed by atoms with E-state index in [9.17, 15) is 22.4 Å². The molecule has 3 aromatic carbocycles. The molecule has 218 valence electrons. The number of halogens is 1. The SMILES string of the molecule is CCc1ccccc1N(CC(=O)N(Cc1ccc(F)cc1)[C@@H](C)C(=O)NC1CCCC1)S(=O)(=O)c1ccc(C)cc1. The Morgan fingerprint density at radius 3 is 2.24 bits per heavy atom. The van der Waals surface area contributed by atoms with Crippen LogP contribution >= 0.6 is 0 Å². The number of carbonyl (C=O) groups excluding carboxylic acids is 2. The largest absolute Gasteiger partial charge is 0.352 e. The molecule has 0 spiro atoms. The average Bonchev–Trinajstić information content (AvgIpc) is 3.48. The van der Waals surface area contributed by atoms with Crippen LogP contribution in [0.25, 0.3) is 0 Å². The Kier molecular flexibility index (Phi) is 9.81. The number of hydrogen-bond acceptors (Lipinski definition) is 4. The molecule has 0 aliphatic heterocycles. The van der Waals surface area contributed by atoms with Gasteiger partial charge >= 0.3 is 0 Å². The summed E-state index contributed by atoms with van der Waals surface area (Å²) in [7, 11) is -4.14. The van der Waals surface area contributed by atoms with Crippen molar-refractivity contribution in [3.05, 3.63) is 95.3 Å². The quantitative estimate of drug-likeness (QED) is 0.331. The Morgan fingerprint density at radius 2 is 1.61 bits per heavy atom. The highest BCUT2D eigenvalue weighted by Gasteiger charge is 2.34. The highest BCUT2D eigenvalue weighted by molar-refractivity contribution is 7.92. The molecule has 0 aromatic heterocycles. The molecule has 7 nitrogen and oxygen atoms in total. The van der Waals surface area contributed by atoms with Crippen molar-refractivity contribution in [3.63, 3.8) is 0 Å². The second kappa shape index (κ2) is 13.3. The molecular weight excluding hydrogens is 541 g/mol. The van der Waals surface area contributed by atoms with E-state index < -0.39 is 34.3 Å². The number of para-hydroxylation sites is 1. The first-order valence-corrected chi connectivity index (χ1v) is 15.6. The van der Waals surface area contributed by atoms with Crippen molar-refractivity contribution in [2.24, 2.45) is 0 Å². The first kappa shape index (κ1) is 30.2. The van der Waals surface area contributed by atoms with Crippen LogP contribution in [0.4, 0.5) is 10.1 Å². The van der Waals surface area contributed by atoms with Gasteiger partial charge in [-0.3, -0.25) is 13.9 Å². The topological polar surface area (TPSA) is 86.8 Å². The Hall–Kier alpha value is -3.72. The van der Waals surface area contributed by atoms with Crippen LogP contribution < -0.4 is 9.62 Å². The summed E-state index contributed by atoms with van der Waals surface area (Å²) in [6.07, 6.45) is 4.42. The predicted molar refractivity (Wildman–Crippen MR) is 158 cm³/mol. The van der Waals surface area contributed by atoms with Crippen LogP contribution in [0.5, 0.6) is 0 Å². The molecule has 9 heteroatoms. The third kappa shape index (κ3) is 7.33. The standard InChI is InChI=1S/C32H38FN3O4S/c1-4-26-9-5-8-12-30(26)36(41(39,40)29-19-13-23(2)14-20-29)22-31(37)35(21-25-15-17-27(33)18-16-25)24(3)32(38)34-28-10-6-7-11-28/h5,8-9,12-20,24,28H,4,6-7,10-11,21-22H2,1-3H3,(H,34,38)/t24-/m0/s1. The second-order valence-corrected chi connectivity index (χ2v) is 12.5. The van der Waals surface area contributed by atoms with Gasteiger partial charge in [0.2, 0.25) is 11.8 Å². The van der Waals surface area contributed by atoms with Gasteiger partial charge in [0.05, 0.1) is 10.6 Å². The zero-order valence-electron chi connectivity index (χ0n) is 23.8. The van der Waals surface area contributed by atoms with Crippen molar-refractivity contribution in [3.8, 4) is 0 Å². The lowest BCUT2D eigenvalue weighted by Crippen LogP contribution is -2.52. The lowest BCUT2D eigenvalue weighted by molar-refractivity contribution is -0.139. The van der Waals surface area contributed by atoms with Crippen LogP contribution in [0.3, 0.4) is 0 Å². The summed E-state index contributed by atoms with van der Waals surface area (Å²) < 4.78 is 42.8. The molecule has 4 rings (SSSR count). The molecule has 1 aliphatic rings. The molecule has 0 unspecified atom stereocenters. The molecular formula is C32H38FN3O4S. The van der Waals surface area contributed by atoms with Crippen molar-refractivity contribution in [2.75, 3.05) is 10.8 Å². The summed E-state index contributed by atoms with van der Waals surface area (Å²) in [5.41, 5.74) is 2.72. The minimum Gasteiger partial charge on any atom is -0.352 e. The van der Waals surface area contributed by atoms with Crippen LogP contribution in [0.15, 0.2) is 77.7 Å². The molecule has 41 heavy (non-hydrogen) atoms. The number of rotatable bonds is 11. The highest BCUT2D eigenvalue weighted by atomic mass is 32.2. The van der Waals surface area contributed by atoms with E-state index in [4.69, 9.17) is 0 Å². The summed E-state index contributed by atoms with van der Waals surface area (Å²) in [6, 6.07) is 18.5. The van der Waals surface area contributed by atoms with E-state index in [0.717, 1.165) is 41.1 Å². The van der Waals surface area contributed by atoms with Gasteiger partial charge in [-0.15, -0.1) is 0 Å². The summed E-state index contributed by atoms with van der Waals surface area (Å²) >= 11 is 0. The minimum absolute atomic E-state index is 0.0201. The average molecular weight is 580 g/mol. The number of anilines is 1. The van der Waals surface area contributed by atoms with E-state index in [1.807, 2.05) is 26.0 Å². The van der Waals surface area contributed by atoms with Crippen molar-refractivity contribution in [1.82, 2.24) is 10.2 Å². The molecule has 1 atom stereocenters. The van der Waals surface area contributed by atoms with Crippen molar-refractivity contribution in [2.45, 2.75) is 76.4 Å². The zero-order valence-corrected chi connectivity index (χ0v) is 24.7. The Bertz CT molecular complexity index is 1450. The van der Waals surface area contributed by atoms with Crippen LogP contribution in [0, 0.1) is 12.7 Å². The molecule has 1 saturated carbocycles. The molecule has 2 amide bonds. The van der Waals surface area contributed by atoms with Crippen molar-refractivity contribution >= 4 is 27.5 Å². The number of hydrogen-bond donors (Lipinski definition) is 1. The Morgan fingerprint density at radius 1 is 0.976 bits per heavy atom. The first-order chi connectivity index (χ1) is 19.6. The Balaban J connectivity index is 1.71. The summed E-state index contributed by atoms with van der Waals surface area (Å²) in [5, 5.41) is 3.05. The van der Waals surface area contributed by atoms with Gasteiger partial charge in [0.15, 0.2) is 0 Å². The van der Waals surface area contributed by atoms with Gasteiger partial charge in [0.1, 0.15) is 18.4 Å². The van der Waals surface area contributed by atoms with Crippen molar-refractivity contribution < 1.29 is 22.4 Å². The van der Waals surface area contributed by atoms with Gasteiger partial charge in [-0.05, 0) is 74.6 Å². The third-order valence-electron chi connectivity index (χ3n) is 7.66. The zero-order chi connectivity index (χ0) is 29.6. The predicted octanol–water partition coefficient (Wildman–Crippen LogP) is 5.37. The van der Waals surface area contributed by atoms with Gasteiger partial charge in [-0.25, -0.2) is 12.8 Å². The third-order valence-corrected chi connectivity index (χ3v) is 9.44. The van der Waals surface area contributed by atoms with Crippen LogP contribution in [-0.4, -0.2) is 43.8 Å². The minimum atomic E-state index is -4.14. The fourth-order valence-corrected chi connectivity index (χ4v) is 6.62. The number of benzene rings is 3. The van der Waals surface area contributed by atoms with Gasteiger partial charge < -0.3 is 10.2 Å². The molecule has 1 fully saturated rings. The molecule has 3 aromatic rings. The number of aryl methyl sites for hydroxylation is 2. The summed E-state index contributed by atoms with van der Waals surface area (Å²) in [5.74, 6) is -1.25. The lowest BCUT2D eigenvalue weighted by Gasteiger charge is -2.33. The fourth-order valence-electron chi connectivity index (χ4n) is 5.16. The van der Waals surface area contributed by atoms with Crippen LogP contribution in [-0.2, 0) is 32.6 Å². The second-order valence-electron chi connectivity index (χ2n) is 10.6. The van der Waals surface area contributed by atoms with E-state index in [2.05, 4.69) is 5.32 Å². The van der Waals surface area contributed by atoms with E-state index in [1.165, 1.54) is 29.2 Å². The molecule has 0 radical (unpaired) electrons. The first-order valence-electron chi connectivity index (χ1n) is 14.1.